The van der Waals surface area contributed by atoms with Crippen LogP contribution in [-0.4, -0.2) is 55.8 Å². The van der Waals surface area contributed by atoms with Crippen molar-refractivity contribution >= 4 is 51.2 Å². The van der Waals surface area contributed by atoms with Gasteiger partial charge in [-0.1, -0.05) is 23.8 Å². The van der Waals surface area contributed by atoms with Crippen LogP contribution in [0.2, 0.25) is 0 Å². The fraction of sp³-hybridized carbons (Fsp3) is 0.478. The van der Waals surface area contributed by atoms with Gasteiger partial charge in [0.05, 0.1) is 5.41 Å². The predicted molar refractivity (Wildman–Crippen MR) is 127 cm³/mol. The van der Waals surface area contributed by atoms with Crippen LogP contribution in [-0.2, 0) is 34.2 Å². The Bertz CT molecular complexity index is 1040. The fourth-order valence-electron chi connectivity index (χ4n) is 3.42. The van der Waals surface area contributed by atoms with E-state index in [1.807, 2.05) is 20.8 Å². The summed E-state index contributed by atoms with van der Waals surface area (Å²) in [7, 11) is 2.96. The summed E-state index contributed by atoms with van der Waals surface area (Å²) >= 11 is 0. The van der Waals surface area contributed by atoms with E-state index in [1.165, 1.54) is 32.6 Å². The van der Waals surface area contributed by atoms with Gasteiger partial charge < -0.3 is 4.84 Å². The molecule has 0 saturated carbocycles. The van der Waals surface area contributed by atoms with Crippen LogP contribution in [0.1, 0.15) is 59.4 Å². The number of imide groups is 2. The summed E-state index contributed by atoms with van der Waals surface area (Å²) in [5, 5.41) is 1.31. The lowest BCUT2D eigenvalue weighted by Crippen LogP contribution is -2.39. The monoisotopic (exact) mass is 505 g/mol. The predicted octanol–water partition coefficient (Wildman–Crippen LogP) is 3.19. The summed E-state index contributed by atoms with van der Waals surface area (Å²) in [6, 6.07) is 3.34. The number of nitrogens with zero attached hydrogens (tertiary/aromatic N) is 3. The molecule has 1 saturated heterocycles. The van der Waals surface area contributed by atoms with Gasteiger partial charge >= 0.3 is 5.97 Å². The van der Waals surface area contributed by atoms with Crippen molar-refractivity contribution in [2.45, 2.75) is 75.6 Å². The number of hydroxylamine groups is 2. The first-order valence-electron chi connectivity index (χ1n) is 10.9. The smallest absolute Gasteiger partial charge is 0.329 e. The molecule has 3 heterocycles. The molecule has 1 aromatic heterocycles. The third-order valence-electron chi connectivity index (χ3n) is 5.50. The van der Waals surface area contributed by atoms with Crippen molar-refractivity contribution in [3.8, 4) is 0 Å². The van der Waals surface area contributed by atoms with Crippen molar-refractivity contribution in [2.24, 2.45) is 0 Å². The van der Waals surface area contributed by atoms with Crippen LogP contribution in [0.25, 0.3) is 0 Å². The summed E-state index contributed by atoms with van der Waals surface area (Å²) < 4.78 is 0. The van der Waals surface area contributed by atoms with Gasteiger partial charge in [0.2, 0.25) is 0 Å². The van der Waals surface area contributed by atoms with E-state index in [1.54, 1.807) is 32.2 Å². The summed E-state index contributed by atoms with van der Waals surface area (Å²) in [6.07, 6.45) is 3.52. The number of carbonyl (C=O) groups excluding carboxylic acids is 5. The van der Waals surface area contributed by atoms with E-state index in [0.717, 1.165) is 0 Å². The Labute approximate surface area is 206 Å². The van der Waals surface area contributed by atoms with E-state index in [-0.39, 0.29) is 35.9 Å². The summed E-state index contributed by atoms with van der Waals surface area (Å²) in [5.41, 5.74) is -0.0324. The van der Waals surface area contributed by atoms with Crippen LogP contribution < -0.4 is 0 Å². The first kappa shape index (κ1) is 26.0. The zero-order valence-corrected chi connectivity index (χ0v) is 21.3. The Balaban J connectivity index is 1.55. The third kappa shape index (κ3) is 5.52. The molecule has 2 aliphatic rings. The van der Waals surface area contributed by atoms with Gasteiger partial charge in [-0.2, -0.15) is 0 Å². The zero-order valence-electron chi connectivity index (χ0n) is 19.7. The highest BCUT2D eigenvalue weighted by molar-refractivity contribution is 8.76. The second-order valence-corrected chi connectivity index (χ2v) is 11.6. The first-order valence-corrected chi connectivity index (χ1v) is 13.1. The normalized spacial score (nSPS) is 17.6. The molecule has 0 radical (unpaired) electrons. The van der Waals surface area contributed by atoms with Crippen molar-refractivity contribution in [1.82, 2.24) is 14.9 Å². The second-order valence-electron chi connectivity index (χ2n) is 8.94. The van der Waals surface area contributed by atoms with E-state index in [4.69, 9.17) is 4.84 Å². The molecule has 182 valence electrons. The number of carbonyl (C=O) groups is 5. The Morgan fingerprint density at radius 2 is 1.76 bits per heavy atom. The molecule has 1 unspecified atom stereocenters. The van der Waals surface area contributed by atoms with E-state index in [9.17, 15) is 24.0 Å². The quantitative estimate of drug-likeness (QED) is 0.369. The molecular formula is C23H27N3O6S2. The molecule has 11 heteroatoms. The average Bonchev–Trinajstić information content (AvgIpc) is 3.24. The van der Waals surface area contributed by atoms with Gasteiger partial charge in [0.15, 0.2) is 0 Å². The molecule has 0 N–H and O–H groups in total. The second kappa shape index (κ2) is 10.3. The Kier molecular flexibility index (Phi) is 7.87. The molecule has 3 rings (SSSR count). The highest BCUT2D eigenvalue weighted by Gasteiger charge is 2.39. The minimum absolute atomic E-state index is 0.0356. The highest BCUT2D eigenvalue weighted by Crippen LogP contribution is 2.37. The molecule has 0 aromatic carbocycles. The maximum Gasteiger partial charge on any atom is 0.343 e. The van der Waals surface area contributed by atoms with Crippen LogP contribution in [0.15, 0.2) is 35.0 Å². The standard InChI is InChI=1S/C23H27N3O6S2/c1-13(2)25-20(29)11-15(21(25)30)10-14(3)33-34-17-7-6-16(12-24-17)23(4,5)22(31)32-26-18(27)8-9-19(26)28/h6-7,11-14H,8-10H2,1-5H3. The molecule has 0 bridgehead atoms. The maximum atomic E-state index is 12.6. The lowest BCUT2D eigenvalue weighted by Gasteiger charge is -2.24. The van der Waals surface area contributed by atoms with Crippen LogP contribution in [0.5, 0.6) is 0 Å². The molecule has 0 aliphatic carbocycles. The van der Waals surface area contributed by atoms with Crippen molar-refractivity contribution in [3.05, 3.63) is 35.5 Å². The largest absolute Gasteiger partial charge is 0.343 e. The van der Waals surface area contributed by atoms with Gasteiger partial charge in [-0.3, -0.25) is 24.1 Å². The Hall–Kier alpha value is -2.66. The minimum atomic E-state index is -1.12. The minimum Gasteiger partial charge on any atom is -0.329 e. The summed E-state index contributed by atoms with van der Waals surface area (Å²) in [6.45, 7) is 8.86. The summed E-state index contributed by atoms with van der Waals surface area (Å²) in [4.78, 5) is 71.2. The third-order valence-corrected chi connectivity index (χ3v) is 8.29. The fourth-order valence-corrected chi connectivity index (χ4v) is 5.44. The van der Waals surface area contributed by atoms with Crippen LogP contribution in [0.4, 0.5) is 0 Å². The average molecular weight is 506 g/mol. The number of pyridine rings is 1. The molecule has 9 nitrogen and oxygen atoms in total. The number of rotatable bonds is 9. The van der Waals surface area contributed by atoms with Gasteiger partial charge in [0.1, 0.15) is 5.03 Å². The lowest BCUT2D eigenvalue weighted by molar-refractivity contribution is -0.201. The van der Waals surface area contributed by atoms with Crippen LogP contribution in [0.3, 0.4) is 0 Å². The van der Waals surface area contributed by atoms with Crippen molar-refractivity contribution in [3.63, 3.8) is 0 Å². The Morgan fingerprint density at radius 1 is 1.12 bits per heavy atom. The number of aromatic nitrogens is 1. The molecule has 4 amide bonds. The molecular weight excluding hydrogens is 478 g/mol. The maximum absolute atomic E-state index is 12.6. The van der Waals surface area contributed by atoms with Gasteiger partial charge in [-0.15, -0.1) is 5.06 Å². The van der Waals surface area contributed by atoms with E-state index >= 15 is 0 Å². The first-order chi connectivity index (χ1) is 15.9. The summed E-state index contributed by atoms with van der Waals surface area (Å²) in [5.74, 6) is -2.27. The number of hydrogen-bond acceptors (Lipinski definition) is 9. The number of hydrogen-bond donors (Lipinski definition) is 0. The Morgan fingerprint density at radius 3 is 2.29 bits per heavy atom. The van der Waals surface area contributed by atoms with Gasteiger partial charge in [-0.25, -0.2) is 9.78 Å². The topological polar surface area (TPSA) is 114 Å². The molecule has 34 heavy (non-hydrogen) atoms. The molecule has 1 aromatic rings. The molecule has 0 spiro atoms. The van der Waals surface area contributed by atoms with Crippen molar-refractivity contribution in [1.29, 1.82) is 0 Å². The highest BCUT2D eigenvalue weighted by atomic mass is 33.1. The molecule has 2 aliphatic heterocycles. The lowest BCUT2D eigenvalue weighted by atomic mass is 9.86. The van der Waals surface area contributed by atoms with Crippen LogP contribution in [0, 0.1) is 0 Å². The van der Waals surface area contributed by atoms with Crippen LogP contribution >= 0.6 is 21.6 Å². The van der Waals surface area contributed by atoms with E-state index < -0.39 is 23.2 Å². The van der Waals surface area contributed by atoms with E-state index in [2.05, 4.69) is 4.98 Å². The zero-order chi connectivity index (χ0) is 25.2. The van der Waals surface area contributed by atoms with Crippen molar-refractivity contribution in [2.75, 3.05) is 0 Å². The van der Waals surface area contributed by atoms with Gasteiger partial charge in [0.25, 0.3) is 23.6 Å². The van der Waals surface area contributed by atoms with Crippen molar-refractivity contribution < 1.29 is 28.8 Å². The van der Waals surface area contributed by atoms with E-state index in [0.29, 0.717) is 27.6 Å². The molecule has 1 fully saturated rings. The SMILES string of the molecule is CC(CC1=CC(=O)N(C(C)C)C1=O)SSc1ccc(C(C)(C)C(=O)ON2C(=O)CCC2=O)cn1. The molecule has 1 atom stereocenters. The van der Waals surface area contributed by atoms with Gasteiger partial charge in [-0.05, 0) is 56.5 Å². The number of amides is 4. The van der Waals surface area contributed by atoms with Gasteiger partial charge in [0, 0.05) is 42.0 Å².